The minimum Gasteiger partial charge on any atom is -0.386 e. The molecule has 1 saturated heterocycles. The third-order valence-electron chi connectivity index (χ3n) is 5.38. The van der Waals surface area contributed by atoms with Gasteiger partial charge in [-0.1, -0.05) is 0 Å². The van der Waals surface area contributed by atoms with Crippen LogP contribution in [0.1, 0.15) is 16.1 Å². The summed E-state index contributed by atoms with van der Waals surface area (Å²) < 4.78 is 46.5. The number of carbonyl (C=O) groups is 1. The molecule has 4 N–H and O–H groups in total. The molecule has 1 amide bonds. The van der Waals surface area contributed by atoms with Crippen molar-refractivity contribution in [1.82, 2.24) is 15.3 Å². The number of benzene rings is 1. The predicted octanol–water partition coefficient (Wildman–Crippen LogP) is 4.28. The summed E-state index contributed by atoms with van der Waals surface area (Å²) in [7, 11) is 3.19. The van der Waals surface area contributed by atoms with Gasteiger partial charge in [0.05, 0.1) is 41.3 Å². The SMILES string of the molecule is CNC(=O)c1ncsc1Nc1cc(Nc2ccc(N3CCOCC3)cc2NC)ncc1C(F)(F)F. The van der Waals surface area contributed by atoms with Crippen LogP contribution in [0.25, 0.3) is 0 Å². The molecule has 1 aromatic carbocycles. The number of rotatable bonds is 7. The first-order chi connectivity index (χ1) is 16.8. The van der Waals surface area contributed by atoms with Crippen molar-refractivity contribution >= 4 is 50.8 Å². The molecule has 35 heavy (non-hydrogen) atoms. The quantitative estimate of drug-likeness (QED) is 0.376. The van der Waals surface area contributed by atoms with Crippen LogP contribution in [0.15, 0.2) is 36.0 Å². The molecule has 4 rings (SSSR count). The zero-order valence-electron chi connectivity index (χ0n) is 19.0. The van der Waals surface area contributed by atoms with Gasteiger partial charge in [-0.2, -0.15) is 13.2 Å². The molecule has 186 valence electrons. The van der Waals surface area contributed by atoms with Gasteiger partial charge >= 0.3 is 6.18 Å². The van der Waals surface area contributed by atoms with Gasteiger partial charge in [0, 0.05) is 45.1 Å². The fourth-order valence-electron chi connectivity index (χ4n) is 3.59. The summed E-state index contributed by atoms with van der Waals surface area (Å²) in [5.41, 5.74) is 2.60. The molecule has 0 radical (unpaired) electrons. The van der Waals surface area contributed by atoms with Crippen molar-refractivity contribution < 1.29 is 22.7 Å². The van der Waals surface area contributed by atoms with E-state index in [-0.39, 0.29) is 22.2 Å². The van der Waals surface area contributed by atoms with Crippen LogP contribution in [0.5, 0.6) is 0 Å². The Morgan fingerprint density at radius 3 is 2.51 bits per heavy atom. The van der Waals surface area contributed by atoms with Gasteiger partial charge in [-0.3, -0.25) is 4.79 Å². The lowest BCUT2D eigenvalue weighted by Crippen LogP contribution is -2.36. The molecule has 0 atom stereocenters. The number of nitrogens with one attached hydrogen (secondary N) is 4. The first-order valence-corrected chi connectivity index (χ1v) is 11.6. The topological polar surface area (TPSA) is 103 Å². The third-order valence-corrected chi connectivity index (χ3v) is 6.12. The Bertz CT molecular complexity index is 1200. The van der Waals surface area contributed by atoms with Gasteiger partial charge in [0.1, 0.15) is 10.8 Å². The van der Waals surface area contributed by atoms with E-state index in [1.807, 2.05) is 18.2 Å². The molecular weight excluding hydrogens is 483 g/mol. The molecule has 0 bridgehead atoms. The average molecular weight is 508 g/mol. The highest BCUT2D eigenvalue weighted by Gasteiger charge is 2.35. The van der Waals surface area contributed by atoms with Crippen molar-refractivity contribution in [3.8, 4) is 0 Å². The largest absolute Gasteiger partial charge is 0.419 e. The maximum Gasteiger partial charge on any atom is 0.419 e. The predicted molar refractivity (Wildman–Crippen MR) is 130 cm³/mol. The van der Waals surface area contributed by atoms with E-state index in [1.54, 1.807) is 7.05 Å². The number of anilines is 6. The number of thiazole rings is 1. The van der Waals surface area contributed by atoms with E-state index in [9.17, 15) is 18.0 Å². The van der Waals surface area contributed by atoms with Crippen LogP contribution < -0.4 is 26.2 Å². The molecule has 13 heteroatoms. The second-order valence-electron chi connectivity index (χ2n) is 7.55. The van der Waals surface area contributed by atoms with E-state index in [0.717, 1.165) is 42.0 Å². The average Bonchev–Trinajstić information content (AvgIpc) is 3.32. The number of hydrogen-bond acceptors (Lipinski definition) is 9. The zero-order chi connectivity index (χ0) is 25.0. The highest BCUT2D eigenvalue weighted by molar-refractivity contribution is 7.14. The first kappa shape index (κ1) is 24.5. The van der Waals surface area contributed by atoms with E-state index in [0.29, 0.717) is 18.9 Å². The van der Waals surface area contributed by atoms with Crippen LogP contribution in [-0.2, 0) is 10.9 Å². The zero-order valence-corrected chi connectivity index (χ0v) is 19.8. The summed E-state index contributed by atoms with van der Waals surface area (Å²) in [5.74, 6) is -0.309. The number of ether oxygens (including phenoxy) is 1. The third kappa shape index (κ3) is 5.57. The maximum absolute atomic E-state index is 13.7. The van der Waals surface area contributed by atoms with Gasteiger partial charge in [-0.05, 0) is 18.2 Å². The van der Waals surface area contributed by atoms with E-state index >= 15 is 0 Å². The Hall–Kier alpha value is -3.58. The van der Waals surface area contributed by atoms with Gasteiger partial charge in [-0.15, -0.1) is 11.3 Å². The maximum atomic E-state index is 13.7. The Labute approximate surface area is 203 Å². The van der Waals surface area contributed by atoms with Crippen LogP contribution in [-0.4, -0.2) is 56.3 Å². The number of carbonyl (C=O) groups excluding carboxylic acids is 1. The Morgan fingerprint density at radius 1 is 1.06 bits per heavy atom. The minimum atomic E-state index is -4.65. The summed E-state index contributed by atoms with van der Waals surface area (Å²) >= 11 is 1.02. The van der Waals surface area contributed by atoms with Gasteiger partial charge in [0.2, 0.25) is 0 Å². The van der Waals surface area contributed by atoms with Crippen molar-refractivity contribution in [3.05, 3.63) is 47.2 Å². The molecule has 1 fully saturated rings. The second kappa shape index (κ2) is 10.4. The molecule has 2 aromatic heterocycles. The Balaban J connectivity index is 1.63. The van der Waals surface area contributed by atoms with Gasteiger partial charge in [0.25, 0.3) is 5.91 Å². The molecule has 1 aliphatic rings. The van der Waals surface area contributed by atoms with Gasteiger partial charge < -0.3 is 30.9 Å². The van der Waals surface area contributed by atoms with E-state index < -0.39 is 17.6 Å². The first-order valence-electron chi connectivity index (χ1n) is 10.7. The minimum absolute atomic E-state index is 0.00752. The fourth-order valence-corrected chi connectivity index (χ4v) is 4.28. The number of halogens is 3. The van der Waals surface area contributed by atoms with Crippen LogP contribution in [0.3, 0.4) is 0 Å². The molecule has 0 aliphatic carbocycles. The summed E-state index contributed by atoms with van der Waals surface area (Å²) in [4.78, 5) is 22.1. The lowest BCUT2D eigenvalue weighted by Gasteiger charge is -2.29. The van der Waals surface area contributed by atoms with Crippen molar-refractivity contribution in [2.24, 2.45) is 0 Å². The van der Waals surface area contributed by atoms with Crippen LogP contribution in [0, 0.1) is 0 Å². The van der Waals surface area contributed by atoms with E-state index in [1.165, 1.54) is 18.6 Å². The van der Waals surface area contributed by atoms with Crippen molar-refractivity contribution in [1.29, 1.82) is 0 Å². The lowest BCUT2D eigenvalue weighted by atomic mass is 10.2. The van der Waals surface area contributed by atoms with E-state index in [4.69, 9.17) is 4.74 Å². The monoisotopic (exact) mass is 507 g/mol. The highest BCUT2D eigenvalue weighted by Crippen LogP contribution is 2.39. The smallest absolute Gasteiger partial charge is 0.386 e. The Kier molecular flexibility index (Phi) is 7.26. The van der Waals surface area contributed by atoms with Gasteiger partial charge in [-0.25, -0.2) is 9.97 Å². The molecular formula is C22H24F3N7O2S. The molecule has 0 spiro atoms. The fraction of sp³-hybridized carbons (Fsp3) is 0.318. The molecule has 3 heterocycles. The molecule has 9 nitrogen and oxygen atoms in total. The summed E-state index contributed by atoms with van der Waals surface area (Å²) in [5, 5.41) is 11.5. The normalized spacial score (nSPS) is 13.9. The molecule has 0 saturated carbocycles. The van der Waals surface area contributed by atoms with Crippen molar-refractivity contribution in [3.63, 3.8) is 0 Å². The number of amides is 1. The summed E-state index contributed by atoms with van der Waals surface area (Å²) in [6.45, 7) is 2.87. The molecule has 3 aromatic rings. The summed E-state index contributed by atoms with van der Waals surface area (Å²) in [6, 6.07) is 7.00. The van der Waals surface area contributed by atoms with Crippen LogP contribution >= 0.6 is 11.3 Å². The number of morpholine rings is 1. The lowest BCUT2D eigenvalue weighted by molar-refractivity contribution is -0.137. The highest BCUT2D eigenvalue weighted by atomic mass is 32.1. The molecule has 0 unspecified atom stereocenters. The van der Waals surface area contributed by atoms with Crippen molar-refractivity contribution in [2.75, 3.05) is 61.2 Å². The van der Waals surface area contributed by atoms with Gasteiger partial charge in [0.15, 0.2) is 5.69 Å². The number of aromatic nitrogens is 2. The second-order valence-corrected chi connectivity index (χ2v) is 8.41. The number of hydrogen-bond donors (Lipinski definition) is 4. The molecule has 1 aliphatic heterocycles. The van der Waals surface area contributed by atoms with Crippen LogP contribution in [0.4, 0.5) is 46.7 Å². The number of pyridine rings is 1. The Morgan fingerprint density at radius 2 is 1.83 bits per heavy atom. The summed E-state index contributed by atoms with van der Waals surface area (Å²) in [6.07, 6.45) is -3.89. The van der Waals surface area contributed by atoms with Crippen LogP contribution in [0.2, 0.25) is 0 Å². The standard InChI is InChI=1S/C22H24F3N7O2S/c1-26-17-9-13(32-5-7-34-8-6-32)3-4-15(17)30-18-10-16(14(11-28-18)22(23,24)25)31-21-19(20(33)27-2)29-12-35-21/h3-4,9-12,26H,5-8H2,1-2H3,(H,27,33)(H2,28,30,31). The number of nitrogens with zero attached hydrogens (tertiary/aromatic N) is 3. The van der Waals surface area contributed by atoms with Crippen molar-refractivity contribution in [2.45, 2.75) is 6.18 Å². The van der Waals surface area contributed by atoms with E-state index in [2.05, 4.69) is 36.1 Å². The number of alkyl halides is 3.